The molecule has 0 spiro atoms. The Morgan fingerprint density at radius 3 is 2.12 bits per heavy atom. The van der Waals surface area contributed by atoms with E-state index in [0.29, 0.717) is 27.2 Å². The number of para-hydroxylation sites is 1. The number of hydrogen-bond acceptors (Lipinski definition) is 4. The summed E-state index contributed by atoms with van der Waals surface area (Å²) in [6.07, 6.45) is 1.16. The molecule has 0 atom stereocenters. The van der Waals surface area contributed by atoms with Crippen LogP contribution >= 0.6 is 23.2 Å². The van der Waals surface area contributed by atoms with E-state index in [-0.39, 0.29) is 13.2 Å². The SMILES string of the molecule is Cc1ccc(CN(c2ccc(OCC(=O)Nc3c(Cl)cccc3Cl)cc2)S(C)(=O)=O)cc1. The molecule has 0 aromatic heterocycles. The standard InChI is InChI=1S/C23H22Cl2N2O4S/c1-16-6-8-17(9-7-16)14-27(32(2,29)30)18-10-12-19(13-11-18)31-15-22(28)26-23-20(24)4-3-5-21(23)25/h3-13H,14-15H2,1-2H3,(H,26,28). The molecule has 0 aliphatic heterocycles. The third kappa shape index (κ3) is 6.38. The van der Waals surface area contributed by atoms with Crippen molar-refractivity contribution in [3.05, 3.63) is 87.9 Å². The highest BCUT2D eigenvalue weighted by atomic mass is 35.5. The van der Waals surface area contributed by atoms with Gasteiger partial charge >= 0.3 is 0 Å². The Balaban J connectivity index is 1.66. The van der Waals surface area contributed by atoms with Gasteiger partial charge in [0.1, 0.15) is 5.75 Å². The number of benzene rings is 3. The van der Waals surface area contributed by atoms with Crippen LogP contribution < -0.4 is 14.4 Å². The average Bonchev–Trinajstić information content (AvgIpc) is 2.74. The first-order valence-corrected chi connectivity index (χ1v) is 12.2. The smallest absolute Gasteiger partial charge is 0.262 e. The van der Waals surface area contributed by atoms with Gasteiger partial charge in [-0.3, -0.25) is 9.10 Å². The van der Waals surface area contributed by atoms with E-state index < -0.39 is 15.9 Å². The van der Waals surface area contributed by atoms with Gasteiger partial charge in [0.2, 0.25) is 10.0 Å². The van der Waals surface area contributed by atoms with Gasteiger partial charge < -0.3 is 10.1 Å². The number of carbonyl (C=O) groups is 1. The number of sulfonamides is 1. The highest BCUT2D eigenvalue weighted by Crippen LogP contribution is 2.30. The first kappa shape index (κ1) is 23.9. The lowest BCUT2D eigenvalue weighted by atomic mass is 10.1. The molecule has 0 aliphatic rings. The number of halogens is 2. The highest BCUT2D eigenvalue weighted by Gasteiger charge is 2.18. The Morgan fingerprint density at radius 2 is 1.56 bits per heavy atom. The molecule has 0 radical (unpaired) electrons. The number of hydrogen-bond donors (Lipinski definition) is 1. The number of nitrogens with one attached hydrogen (secondary N) is 1. The largest absolute Gasteiger partial charge is 0.484 e. The molecule has 0 saturated carbocycles. The van der Waals surface area contributed by atoms with E-state index >= 15 is 0 Å². The molecule has 6 nitrogen and oxygen atoms in total. The Labute approximate surface area is 197 Å². The van der Waals surface area contributed by atoms with Crippen LogP contribution in [0.25, 0.3) is 0 Å². The molecule has 3 rings (SSSR count). The molecule has 1 N–H and O–H groups in total. The van der Waals surface area contributed by atoms with Gasteiger partial charge in [0.25, 0.3) is 5.91 Å². The van der Waals surface area contributed by atoms with Gasteiger partial charge in [-0.05, 0) is 48.9 Å². The fourth-order valence-electron chi connectivity index (χ4n) is 2.91. The molecule has 1 amide bonds. The Morgan fingerprint density at radius 1 is 0.969 bits per heavy atom. The highest BCUT2D eigenvalue weighted by molar-refractivity contribution is 7.92. The Bertz CT molecular complexity index is 1180. The topological polar surface area (TPSA) is 75.7 Å². The van der Waals surface area contributed by atoms with Gasteiger partial charge in [0.05, 0.1) is 34.2 Å². The Hall–Kier alpha value is -2.74. The van der Waals surface area contributed by atoms with Gasteiger partial charge in [-0.2, -0.15) is 0 Å². The number of carbonyl (C=O) groups excluding carboxylic acids is 1. The van der Waals surface area contributed by atoms with Crippen molar-refractivity contribution >= 4 is 50.5 Å². The van der Waals surface area contributed by atoms with Crippen molar-refractivity contribution in [1.29, 1.82) is 0 Å². The predicted molar refractivity (Wildman–Crippen MR) is 129 cm³/mol. The fourth-order valence-corrected chi connectivity index (χ4v) is 4.29. The van der Waals surface area contributed by atoms with Crippen LogP contribution in [0.4, 0.5) is 11.4 Å². The molecule has 3 aromatic carbocycles. The van der Waals surface area contributed by atoms with Crippen molar-refractivity contribution < 1.29 is 17.9 Å². The van der Waals surface area contributed by atoms with Crippen molar-refractivity contribution in [2.75, 3.05) is 22.5 Å². The van der Waals surface area contributed by atoms with E-state index in [0.717, 1.165) is 17.4 Å². The summed E-state index contributed by atoms with van der Waals surface area (Å²) in [4.78, 5) is 12.2. The summed E-state index contributed by atoms with van der Waals surface area (Å²) in [5.41, 5.74) is 2.78. The lowest BCUT2D eigenvalue weighted by molar-refractivity contribution is -0.118. The number of nitrogens with zero attached hydrogens (tertiary/aromatic N) is 1. The van der Waals surface area contributed by atoms with E-state index in [1.54, 1.807) is 42.5 Å². The maximum atomic E-state index is 12.4. The van der Waals surface area contributed by atoms with Crippen molar-refractivity contribution in [1.82, 2.24) is 0 Å². The van der Waals surface area contributed by atoms with E-state index in [2.05, 4.69) is 5.32 Å². The van der Waals surface area contributed by atoms with Crippen molar-refractivity contribution in [3.8, 4) is 5.75 Å². The normalized spacial score (nSPS) is 11.1. The van der Waals surface area contributed by atoms with Crippen LogP contribution in [0.3, 0.4) is 0 Å². The lowest BCUT2D eigenvalue weighted by Gasteiger charge is -2.23. The first-order chi connectivity index (χ1) is 15.1. The summed E-state index contributed by atoms with van der Waals surface area (Å²) in [6.45, 7) is 1.92. The minimum Gasteiger partial charge on any atom is -0.484 e. The predicted octanol–water partition coefficient (Wildman–Crippen LogP) is 5.29. The summed E-state index contributed by atoms with van der Waals surface area (Å²) >= 11 is 12.1. The van der Waals surface area contributed by atoms with E-state index in [4.69, 9.17) is 27.9 Å². The van der Waals surface area contributed by atoms with Crippen LogP contribution in [0, 0.1) is 6.92 Å². The van der Waals surface area contributed by atoms with Gasteiger partial charge in [-0.25, -0.2) is 8.42 Å². The van der Waals surface area contributed by atoms with Crippen LogP contribution in [0.5, 0.6) is 5.75 Å². The van der Waals surface area contributed by atoms with Crippen LogP contribution in [-0.2, 0) is 21.4 Å². The zero-order valence-electron chi connectivity index (χ0n) is 17.5. The molecule has 0 saturated heterocycles. The molecular weight excluding hydrogens is 471 g/mol. The second kappa shape index (κ2) is 10.3. The summed E-state index contributed by atoms with van der Waals surface area (Å²) < 4.78 is 31.5. The van der Waals surface area contributed by atoms with Crippen molar-refractivity contribution in [2.24, 2.45) is 0 Å². The average molecular weight is 493 g/mol. The van der Waals surface area contributed by atoms with Crippen molar-refractivity contribution in [3.63, 3.8) is 0 Å². The monoisotopic (exact) mass is 492 g/mol. The van der Waals surface area contributed by atoms with Gasteiger partial charge in [0, 0.05) is 0 Å². The summed E-state index contributed by atoms with van der Waals surface area (Å²) in [6, 6.07) is 19.1. The molecule has 0 bridgehead atoms. The minimum atomic E-state index is -3.50. The molecule has 0 aliphatic carbocycles. The number of aryl methyl sites for hydroxylation is 1. The number of ether oxygens (including phenoxy) is 1. The summed E-state index contributed by atoms with van der Waals surface area (Å²) in [5, 5.41) is 3.26. The van der Waals surface area contributed by atoms with Crippen molar-refractivity contribution in [2.45, 2.75) is 13.5 Å². The molecular formula is C23H22Cl2N2O4S. The molecule has 32 heavy (non-hydrogen) atoms. The molecule has 3 aromatic rings. The molecule has 9 heteroatoms. The summed E-state index contributed by atoms with van der Waals surface area (Å²) in [7, 11) is -3.50. The van der Waals surface area contributed by atoms with Crippen LogP contribution in [0.2, 0.25) is 10.0 Å². The molecule has 168 valence electrons. The van der Waals surface area contributed by atoms with Crippen LogP contribution in [0.15, 0.2) is 66.7 Å². The van der Waals surface area contributed by atoms with E-state index in [9.17, 15) is 13.2 Å². The maximum Gasteiger partial charge on any atom is 0.262 e. The van der Waals surface area contributed by atoms with E-state index in [1.807, 2.05) is 31.2 Å². The van der Waals surface area contributed by atoms with Crippen LogP contribution in [0.1, 0.15) is 11.1 Å². The van der Waals surface area contributed by atoms with Gasteiger partial charge in [0.15, 0.2) is 6.61 Å². The zero-order valence-corrected chi connectivity index (χ0v) is 19.8. The molecule has 0 fully saturated rings. The summed E-state index contributed by atoms with van der Waals surface area (Å²) in [5.74, 6) is -0.0147. The Kier molecular flexibility index (Phi) is 7.66. The first-order valence-electron chi connectivity index (χ1n) is 9.63. The quantitative estimate of drug-likeness (QED) is 0.463. The van der Waals surface area contributed by atoms with Crippen LogP contribution in [-0.4, -0.2) is 27.2 Å². The van der Waals surface area contributed by atoms with E-state index in [1.165, 1.54) is 4.31 Å². The number of amides is 1. The second-order valence-corrected chi connectivity index (χ2v) is 9.90. The second-order valence-electron chi connectivity index (χ2n) is 7.18. The van der Waals surface area contributed by atoms with Gasteiger partial charge in [-0.1, -0.05) is 59.1 Å². The third-order valence-corrected chi connectivity index (χ3v) is 6.34. The number of rotatable bonds is 8. The number of anilines is 2. The molecule has 0 heterocycles. The lowest BCUT2D eigenvalue weighted by Crippen LogP contribution is -2.29. The third-order valence-electron chi connectivity index (χ3n) is 4.57. The van der Waals surface area contributed by atoms with Gasteiger partial charge in [-0.15, -0.1) is 0 Å². The zero-order chi connectivity index (χ0) is 23.3. The minimum absolute atomic E-state index is 0.209. The molecule has 0 unspecified atom stereocenters. The maximum absolute atomic E-state index is 12.4. The fraction of sp³-hybridized carbons (Fsp3) is 0.174.